The highest BCUT2D eigenvalue weighted by Gasteiger charge is 2.25. The van der Waals surface area contributed by atoms with Crippen molar-refractivity contribution in [2.24, 2.45) is 7.05 Å². The number of fused-ring (bicyclic) bond motifs is 1. The molecule has 2 N–H and O–H groups in total. The molecule has 7 heteroatoms. The predicted molar refractivity (Wildman–Crippen MR) is 107 cm³/mol. The lowest BCUT2D eigenvalue weighted by atomic mass is 9.93. The first kappa shape index (κ1) is 18.4. The second kappa shape index (κ2) is 7.22. The molecule has 1 aliphatic heterocycles. The molecule has 0 fully saturated rings. The lowest BCUT2D eigenvalue weighted by Gasteiger charge is -2.32. The molecule has 0 spiro atoms. The molecule has 3 heterocycles. The molecule has 0 bridgehead atoms. The highest BCUT2D eigenvalue weighted by Crippen LogP contribution is 2.41. The van der Waals surface area contributed by atoms with Gasteiger partial charge in [0.15, 0.2) is 0 Å². The Balaban J connectivity index is 1.85. The zero-order chi connectivity index (χ0) is 19.8. The van der Waals surface area contributed by atoms with Gasteiger partial charge in [-0.25, -0.2) is 13.8 Å². The molecular weight excluding hydrogens is 360 g/mol. The number of rotatable bonds is 4. The van der Waals surface area contributed by atoms with Gasteiger partial charge in [0.25, 0.3) is 6.43 Å². The Hall–Kier alpha value is -2.96. The molecule has 28 heavy (non-hydrogen) atoms. The zero-order valence-electron chi connectivity index (χ0n) is 16.0. The van der Waals surface area contributed by atoms with Crippen molar-refractivity contribution in [2.45, 2.75) is 32.6 Å². The standard InChI is InChI=1S/C21H23F2N5/c1-3-13-7-19(24)26-20(8-13)28-6-4-5-14-9-16(15-11-25-27(2)12-15)17(21(22)23)10-18(14)28/h7-12,21H,3-6H2,1-2H3,(H2,24,26). The summed E-state index contributed by atoms with van der Waals surface area (Å²) in [5.41, 5.74) is 10.1. The van der Waals surface area contributed by atoms with Crippen LogP contribution in [-0.2, 0) is 19.9 Å². The monoisotopic (exact) mass is 383 g/mol. The molecule has 0 unspecified atom stereocenters. The first-order chi connectivity index (χ1) is 13.5. The van der Waals surface area contributed by atoms with Crippen LogP contribution in [0.4, 0.5) is 26.1 Å². The summed E-state index contributed by atoms with van der Waals surface area (Å²) < 4.78 is 29.5. The summed E-state index contributed by atoms with van der Waals surface area (Å²) >= 11 is 0. The van der Waals surface area contributed by atoms with E-state index in [-0.39, 0.29) is 5.56 Å². The first-order valence-corrected chi connectivity index (χ1v) is 9.44. The third kappa shape index (κ3) is 3.32. The van der Waals surface area contributed by atoms with Gasteiger partial charge in [0.2, 0.25) is 0 Å². The Morgan fingerprint density at radius 2 is 2.04 bits per heavy atom. The van der Waals surface area contributed by atoms with Crippen molar-refractivity contribution in [3.05, 3.63) is 53.3 Å². The molecule has 0 saturated heterocycles. The minimum atomic E-state index is -2.58. The Labute approximate surface area is 162 Å². The molecule has 0 amide bonds. The molecule has 4 rings (SSSR count). The number of aromatic nitrogens is 3. The van der Waals surface area contributed by atoms with Crippen LogP contribution in [0.15, 0.2) is 36.7 Å². The highest BCUT2D eigenvalue weighted by molar-refractivity contribution is 5.76. The Bertz CT molecular complexity index is 1010. The summed E-state index contributed by atoms with van der Waals surface area (Å²) in [6, 6.07) is 7.33. The average molecular weight is 383 g/mol. The van der Waals surface area contributed by atoms with E-state index in [1.807, 2.05) is 23.1 Å². The van der Waals surface area contributed by atoms with Gasteiger partial charge in [0.1, 0.15) is 11.6 Å². The molecule has 1 aromatic carbocycles. The van der Waals surface area contributed by atoms with Gasteiger partial charge < -0.3 is 10.6 Å². The summed E-state index contributed by atoms with van der Waals surface area (Å²) in [7, 11) is 1.78. The van der Waals surface area contributed by atoms with E-state index in [1.54, 1.807) is 30.2 Å². The summed E-state index contributed by atoms with van der Waals surface area (Å²) in [5, 5.41) is 4.13. The Kier molecular flexibility index (Phi) is 4.75. The highest BCUT2D eigenvalue weighted by atomic mass is 19.3. The number of benzene rings is 1. The number of pyridine rings is 1. The number of hydrogen-bond acceptors (Lipinski definition) is 4. The fourth-order valence-electron chi connectivity index (χ4n) is 3.81. The number of nitrogens with two attached hydrogens (primary N) is 1. The number of nitrogen functional groups attached to an aromatic ring is 1. The first-order valence-electron chi connectivity index (χ1n) is 9.44. The second-order valence-electron chi connectivity index (χ2n) is 7.14. The van der Waals surface area contributed by atoms with Crippen LogP contribution in [0.5, 0.6) is 0 Å². The minimum Gasteiger partial charge on any atom is -0.384 e. The molecular formula is C21H23F2N5. The van der Waals surface area contributed by atoms with Gasteiger partial charge in [-0.2, -0.15) is 5.10 Å². The minimum absolute atomic E-state index is 0.0123. The summed E-state index contributed by atoms with van der Waals surface area (Å²) in [5.74, 6) is 1.16. The van der Waals surface area contributed by atoms with Crippen LogP contribution in [0, 0.1) is 0 Å². The lowest BCUT2D eigenvalue weighted by molar-refractivity contribution is 0.152. The van der Waals surface area contributed by atoms with Gasteiger partial charge in [-0.1, -0.05) is 6.92 Å². The number of aryl methyl sites for hydroxylation is 3. The molecule has 5 nitrogen and oxygen atoms in total. The van der Waals surface area contributed by atoms with Gasteiger partial charge >= 0.3 is 0 Å². The van der Waals surface area contributed by atoms with Crippen molar-refractivity contribution in [3.8, 4) is 11.1 Å². The smallest absolute Gasteiger partial charge is 0.264 e. The van der Waals surface area contributed by atoms with Crippen LogP contribution >= 0.6 is 0 Å². The van der Waals surface area contributed by atoms with Crippen LogP contribution in [0.1, 0.15) is 36.5 Å². The van der Waals surface area contributed by atoms with Crippen molar-refractivity contribution >= 4 is 17.3 Å². The van der Waals surface area contributed by atoms with Crippen LogP contribution in [0.25, 0.3) is 11.1 Å². The zero-order valence-corrected chi connectivity index (χ0v) is 16.0. The topological polar surface area (TPSA) is 60.0 Å². The van der Waals surface area contributed by atoms with E-state index in [9.17, 15) is 8.78 Å². The van der Waals surface area contributed by atoms with Crippen molar-refractivity contribution in [2.75, 3.05) is 17.2 Å². The van der Waals surface area contributed by atoms with Gasteiger partial charge in [0, 0.05) is 36.6 Å². The molecule has 0 aliphatic carbocycles. The molecule has 3 aromatic rings. The maximum Gasteiger partial charge on any atom is 0.264 e. The SMILES string of the molecule is CCc1cc(N)nc(N2CCCc3cc(-c4cnn(C)c4)c(C(F)F)cc32)c1. The van der Waals surface area contributed by atoms with Gasteiger partial charge in [0.05, 0.1) is 6.20 Å². The van der Waals surface area contributed by atoms with E-state index in [4.69, 9.17) is 5.73 Å². The number of hydrogen-bond donors (Lipinski definition) is 1. The number of nitrogens with zero attached hydrogens (tertiary/aromatic N) is 4. The Morgan fingerprint density at radius 1 is 1.21 bits per heavy atom. The van der Waals surface area contributed by atoms with Crippen LogP contribution in [0.2, 0.25) is 0 Å². The Morgan fingerprint density at radius 3 is 2.71 bits per heavy atom. The molecule has 0 atom stereocenters. The van der Waals surface area contributed by atoms with E-state index in [2.05, 4.69) is 17.0 Å². The number of halogens is 2. The van der Waals surface area contributed by atoms with Gasteiger partial charge in [-0.3, -0.25) is 4.68 Å². The second-order valence-corrected chi connectivity index (χ2v) is 7.14. The fraction of sp³-hybridized carbons (Fsp3) is 0.333. The van der Waals surface area contributed by atoms with Gasteiger partial charge in [-0.15, -0.1) is 0 Å². The van der Waals surface area contributed by atoms with E-state index in [1.165, 1.54) is 0 Å². The normalized spacial score (nSPS) is 13.8. The summed E-state index contributed by atoms with van der Waals surface area (Å²) in [6.45, 7) is 2.78. The van der Waals surface area contributed by atoms with Crippen LogP contribution in [-0.4, -0.2) is 21.3 Å². The molecule has 0 radical (unpaired) electrons. The maximum absolute atomic E-state index is 13.9. The van der Waals surface area contributed by atoms with E-state index in [0.29, 0.717) is 22.8 Å². The van der Waals surface area contributed by atoms with Crippen molar-refractivity contribution in [1.82, 2.24) is 14.8 Å². The largest absolute Gasteiger partial charge is 0.384 e. The van der Waals surface area contributed by atoms with E-state index >= 15 is 0 Å². The predicted octanol–water partition coefficient (Wildman–Crippen LogP) is 4.65. The van der Waals surface area contributed by atoms with Crippen molar-refractivity contribution in [1.29, 1.82) is 0 Å². The van der Waals surface area contributed by atoms with E-state index in [0.717, 1.165) is 42.6 Å². The summed E-state index contributed by atoms with van der Waals surface area (Å²) in [4.78, 5) is 6.47. The van der Waals surface area contributed by atoms with Crippen LogP contribution in [0.3, 0.4) is 0 Å². The quantitative estimate of drug-likeness (QED) is 0.712. The van der Waals surface area contributed by atoms with Crippen LogP contribution < -0.4 is 10.6 Å². The molecule has 1 aliphatic rings. The number of alkyl halides is 2. The van der Waals surface area contributed by atoms with Crippen molar-refractivity contribution in [3.63, 3.8) is 0 Å². The van der Waals surface area contributed by atoms with E-state index < -0.39 is 6.43 Å². The van der Waals surface area contributed by atoms with Gasteiger partial charge in [-0.05, 0) is 60.2 Å². The average Bonchev–Trinajstić information content (AvgIpc) is 3.12. The lowest BCUT2D eigenvalue weighted by Crippen LogP contribution is -2.26. The van der Waals surface area contributed by atoms with Crippen molar-refractivity contribution < 1.29 is 8.78 Å². The summed E-state index contributed by atoms with van der Waals surface area (Å²) in [6.07, 6.45) is 3.41. The molecule has 0 saturated carbocycles. The third-order valence-corrected chi connectivity index (χ3v) is 5.20. The molecule has 146 valence electrons. The fourth-order valence-corrected chi connectivity index (χ4v) is 3.81. The third-order valence-electron chi connectivity index (χ3n) is 5.20. The molecule has 2 aromatic heterocycles. The maximum atomic E-state index is 13.9. The number of anilines is 3.